The quantitative estimate of drug-likeness (QED) is 0.735. The Morgan fingerprint density at radius 2 is 1.93 bits per heavy atom. The van der Waals surface area contributed by atoms with E-state index in [9.17, 15) is 14.4 Å². The van der Waals surface area contributed by atoms with E-state index < -0.39 is 11.9 Å². The maximum atomic E-state index is 12.4. The highest BCUT2D eigenvalue weighted by Gasteiger charge is 2.37. The number of esters is 1. The second kappa shape index (κ2) is 9.09. The van der Waals surface area contributed by atoms with Crippen LogP contribution in [0.4, 0.5) is 5.69 Å². The van der Waals surface area contributed by atoms with Gasteiger partial charge in [0.05, 0.1) is 12.0 Å². The molecule has 152 valence electrons. The van der Waals surface area contributed by atoms with E-state index in [0.29, 0.717) is 10.7 Å². The number of benzene rings is 2. The SMILES string of the molecule is Cc1c(Cl)cccc1N1C[C@@H](C(=O)OCC(=O)N[C@H](C)c2ccccc2)CC1=O. The Bertz CT molecular complexity index is 916. The van der Waals surface area contributed by atoms with Crippen molar-refractivity contribution in [2.45, 2.75) is 26.3 Å². The van der Waals surface area contributed by atoms with Gasteiger partial charge >= 0.3 is 5.97 Å². The third-order valence-corrected chi connectivity index (χ3v) is 5.42. The summed E-state index contributed by atoms with van der Waals surface area (Å²) in [6, 6.07) is 14.6. The standard InChI is InChI=1S/C22H23ClN2O4/c1-14-18(23)9-6-10-19(14)25-12-17(11-21(25)27)22(28)29-13-20(26)24-15(2)16-7-4-3-5-8-16/h3-10,15,17H,11-13H2,1-2H3,(H,24,26)/t15-,17+/m1/s1. The molecule has 1 fully saturated rings. The van der Waals surface area contributed by atoms with Crippen molar-refractivity contribution in [3.8, 4) is 0 Å². The molecule has 0 aliphatic carbocycles. The number of ether oxygens (including phenoxy) is 1. The van der Waals surface area contributed by atoms with Crippen LogP contribution in [0.15, 0.2) is 48.5 Å². The molecule has 1 heterocycles. The lowest BCUT2D eigenvalue weighted by molar-refractivity contribution is -0.152. The predicted molar refractivity (Wildman–Crippen MR) is 111 cm³/mol. The average molecular weight is 415 g/mol. The van der Waals surface area contributed by atoms with Crippen molar-refractivity contribution in [1.29, 1.82) is 0 Å². The molecule has 2 atom stereocenters. The molecule has 3 rings (SSSR count). The highest BCUT2D eigenvalue weighted by Crippen LogP contribution is 2.31. The van der Waals surface area contributed by atoms with Gasteiger partial charge in [0.2, 0.25) is 5.91 Å². The van der Waals surface area contributed by atoms with Crippen molar-refractivity contribution in [2.75, 3.05) is 18.1 Å². The molecule has 2 aromatic rings. The van der Waals surface area contributed by atoms with Gasteiger partial charge in [0.1, 0.15) is 0 Å². The van der Waals surface area contributed by atoms with E-state index in [0.717, 1.165) is 11.1 Å². The minimum atomic E-state index is -0.611. The minimum absolute atomic E-state index is 0.0484. The van der Waals surface area contributed by atoms with Crippen LogP contribution in [0.1, 0.15) is 30.5 Å². The van der Waals surface area contributed by atoms with Gasteiger partial charge in [-0.2, -0.15) is 0 Å². The van der Waals surface area contributed by atoms with Gasteiger partial charge in [0.25, 0.3) is 5.91 Å². The number of carbonyl (C=O) groups excluding carboxylic acids is 3. The third-order valence-electron chi connectivity index (χ3n) is 5.01. The number of hydrogen-bond acceptors (Lipinski definition) is 4. The van der Waals surface area contributed by atoms with Crippen molar-refractivity contribution >= 4 is 35.1 Å². The monoisotopic (exact) mass is 414 g/mol. The van der Waals surface area contributed by atoms with Crippen molar-refractivity contribution in [3.63, 3.8) is 0 Å². The molecule has 0 spiro atoms. The Hall–Kier alpha value is -2.86. The fraction of sp³-hybridized carbons (Fsp3) is 0.318. The number of halogens is 1. The Labute approximate surface area is 174 Å². The van der Waals surface area contributed by atoms with Crippen LogP contribution < -0.4 is 10.2 Å². The lowest BCUT2D eigenvalue weighted by Gasteiger charge is -2.19. The molecule has 1 aliphatic heterocycles. The first-order valence-corrected chi connectivity index (χ1v) is 9.81. The number of nitrogens with zero attached hydrogens (tertiary/aromatic N) is 1. The maximum absolute atomic E-state index is 12.4. The molecule has 7 heteroatoms. The second-order valence-electron chi connectivity index (χ2n) is 7.10. The molecular formula is C22H23ClN2O4. The Morgan fingerprint density at radius 3 is 2.66 bits per heavy atom. The lowest BCUT2D eigenvalue weighted by atomic mass is 10.1. The highest BCUT2D eigenvalue weighted by molar-refractivity contribution is 6.31. The van der Waals surface area contributed by atoms with E-state index in [1.54, 1.807) is 23.1 Å². The van der Waals surface area contributed by atoms with Crippen LogP contribution in [-0.2, 0) is 19.1 Å². The van der Waals surface area contributed by atoms with Gasteiger partial charge < -0.3 is 15.0 Å². The minimum Gasteiger partial charge on any atom is -0.455 e. The lowest BCUT2D eigenvalue weighted by Crippen LogP contribution is -2.33. The fourth-order valence-electron chi connectivity index (χ4n) is 3.35. The summed E-state index contributed by atoms with van der Waals surface area (Å²) in [6.45, 7) is 3.52. The molecular weight excluding hydrogens is 392 g/mol. The summed E-state index contributed by atoms with van der Waals surface area (Å²) in [5.74, 6) is -1.72. The van der Waals surface area contributed by atoms with Gasteiger partial charge in [-0.25, -0.2) is 0 Å². The third kappa shape index (κ3) is 4.95. The van der Waals surface area contributed by atoms with Gasteiger partial charge in [-0.1, -0.05) is 48.0 Å². The molecule has 2 amide bonds. The summed E-state index contributed by atoms with van der Waals surface area (Å²) in [4.78, 5) is 38.4. The van der Waals surface area contributed by atoms with E-state index >= 15 is 0 Å². The van der Waals surface area contributed by atoms with Crippen LogP contribution in [0.3, 0.4) is 0 Å². The highest BCUT2D eigenvalue weighted by atomic mass is 35.5. The van der Waals surface area contributed by atoms with Crippen molar-refractivity contribution in [2.24, 2.45) is 5.92 Å². The summed E-state index contributed by atoms with van der Waals surface area (Å²) in [6.07, 6.45) is 0.0484. The zero-order valence-corrected chi connectivity index (χ0v) is 17.1. The molecule has 0 aromatic heterocycles. The van der Waals surface area contributed by atoms with E-state index in [1.807, 2.05) is 44.2 Å². The number of hydrogen-bond donors (Lipinski definition) is 1. The Balaban J connectivity index is 1.53. The molecule has 6 nitrogen and oxygen atoms in total. The summed E-state index contributed by atoms with van der Waals surface area (Å²) >= 11 is 6.14. The topological polar surface area (TPSA) is 75.7 Å². The van der Waals surface area contributed by atoms with Gasteiger partial charge in [-0.3, -0.25) is 14.4 Å². The molecule has 0 radical (unpaired) electrons. The molecule has 1 aliphatic rings. The summed E-state index contributed by atoms with van der Waals surface area (Å²) in [7, 11) is 0. The number of nitrogens with one attached hydrogen (secondary N) is 1. The Kier molecular flexibility index (Phi) is 6.54. The zero-order chi connectivity index (χ0) is 21.0. The normalized spacial score (nSPS) is 17.1. The average Bonchev–Trinajstić information content (AvgIpc) is 3.10. The number of amides is 2. The van der Waals surface area contributed by atoms with E-state index in [4.69, 9.17) is 16.3 Å². The first kappa shape index (κ1) is 20.9. The first-order valence-electron chi connectivity index (χ1n) is 9.43. The zero-order valence-electron chi connectivity index (χ0n) is 16.4. The van der Waals surface area contributed by atoms with Crippen LogP contribution in [0.25, 0.3) is 0 Å². The van der Waals surface area contributed by atoms with Crippen molar-refractivity contribution < 1.29 is 19.1 Å². The van der Waals surface area contributed by atoms with E-state index in [-0.39, 0.29) is 37.4 Å². The molecule has 1 saturated heterocycles. The Morgan fingerprint density at radius 1 is 1.21 bits per heavy atom. The van der Waals surface area contributed by atoms with Gasteiger partial charge in [-0.05, 0) is 37.1 Å². The second-order valence-corrected chi connectivity index (χ2v) is 7.50. The summed E-state index contributed by atoms with van der Waals surface area (Å²) < 4.78 is 5.16. The number of rotatable bonds is 6. The number of anilines is 1. The smallest absolute Gasteiger partial charge is 0.311 e. The van der Waals surface area contributed by atoms with Crippen LogP contribution in [0, 0.1) is 12.8 Å². The maximum Gasteiger partial charge on any atom is 0.311 e. The van der Waals surface area contributed by atoms with E-state index in [2.05, 4.69) is 5.32 Å². The fourth-order valence-corrected chi connectivity index (χ4v) is 3.52. The molecule has 1 N–H and O–H groups in total. The molecule has 29 heavy (non-hydrogen) atoms. The molecule has 2 aromatic carbocycles. The van der Waals surface area contributed by atoms with Crippen molar-refractivity contribution in [1.82, 2.24) is 5.32 Å². The largest absolute Gasteiger partial charge is 0.455 e. The molecule has 0 bridgehead atoms. The van der Waals surface area contributed by atoms with Gasteiger partial charge in [0.15, 0.2) is 6.61 Å². The van der Waals surface area contributed by atoms with Crippen LogP contribution in [0.5, 0.6) is 0 Å². The summed E-state index contributed by atoms with van der Waals surface area (Å²) in [5.41, 5.74) is 2.43. The van der Waals surface area contributed by atoms with Gasteiger partial charge in [-0.15, -0.1) is 0 Å². The van der Waals surface area contributed by atoms with Crippen LogP contribution in [0.2, 0.25) is 5.02 Å². The first-order chi connectivity index (χ1) is 13.9. The van der Waals surface area contributed by atoms with Gasteiger partial charge in [0, 0.05) is 23.7 Å². The van der Waals surface area contributed by atoms with E-state index in [1.165, 1.54) is 0 Å². The number of carbonyl (C=O) groups is 3. The molecule has 0 unspecified atom stereocenters. The predicted octanol–water partition coefficient (Wildman–Crippen LogP) is 3.42. The summed E-state index contributed by atoms with van der Waals surface area (Å²) in [5, 5.41) is 3.35. The molecule has 0 saturated carbocycles. The van der Waals surface area contributed by atoms with Crippen LogP contribution >= 0.6 is 11.6 Å². The van der Waals surface area contributed by atoms with Crippen LogP contribution in [-0.4, -0.2) is 30.9 Å². The van der Waals surface area contributed by atoms with Crippen molar-refractivity contribution in [3.05, 3.63) is 64.7 Å².